The first-order valence-corrected chi connectivity index (χ1v) is 9.51. The fourth-order valence-electron chi connectivity index (χ4n) is 2.21. The van der Waals surface area contributed by atoms with E-state index in [0.29, 0.717) is 11.6 Å². The molecule has 0 aliphatic rings. The third kappa shape index (κ3) is 5.17. The van der Waals surface area contributed by atoms with Crippen molar-refractivity contribution in [3.63, 3.8) is 0 Å². The molecule has 1 aromatic heterocycles. The van der Waals surface area contributed by atoms with Crippen LogP contribution >= 0.6 is 0 Å². The average Bonchev–Trinajstić information content (AvgIpc) is 2.95. The standard InChI is InChI=1S/C18H24N2O4S/c1-12(2)13-7-6-8-14(11-13)19-17(21)15-9-10-16(24-15)25(22,23)20-18(3,4)5/h6-12,20H,1-5H3,(H,19,21). The molecule has 2 N–H and O–H groups in total. The Morgan fingerprint density at radius 3 is 2.40 bits per heavy atom. The highest BCUT2D eigenvalue weighted by atomic mass is 32.2. The van der Waals surface area contributed by atoms with Crippen LogP contribution in [0.1, 0.15) is 56.7 Å². The summed E-state index contributed by atoms with van der Waals surface area (Å²) < 4.78 is 32.2. The van der Waals surface area contributed by atoms with Gasteiger partial charge in [0.2, 0.25) is 5.09 Å². The third-order valence-corrected chi connectivity index (χ3v) is 4.95. The SMILES string of the molecule is CC(C)c1cccc(NC(=O)c2ccc(S(=O)(=O)NC(C)(C)C)o2)c1. The number of carbonyl (C=O) groups is 1. The maximum absolute atomic E-state index is 12.3. The number of anilines is 1. The summed E-state index contributed by atoms with van der Waals surface area (Å²) in [6, 6.07) is 10.1. The number of rotatable bonds is 5. The van der Waals surface area contributed by atoms with Crippen LogP contribution in [0.25, 0.3) is 0 Å². The molecule has 2 aromatic rings. The molecular weight excluding hydrogens is 340 g/mol. The first kappa shape index (κ1) is 19.2. The summed E-state index contributed by atoms with van der Waals surface area (Å²) in [5, 5.41) is 2.43. The first-order chi connectivity index (χ1) is 11.5. The molecule has 1 amide bonds. The Morgan fingerprint density at radius 2 is 1.80 bits per heavy atom. The highest BCUT2D eigenvalue weighted by Crippen LogP contribution is 2.20. The van der Waals surface area contributed by atoms with Crippen LogP contribution in [0, 0.1) is 0 Å². The Balaban J connectivity index is 2.17. The summed E-state index contributed by atoms with van der Waals surface area (Å²) in [6.45, 7) is 9.30. The van der Waals surface area contributed by atoms with Gasteiger partial charge in [0.05, 0.1) is 0 Å². The average molecular weight is 364 g/mol. The molecule has 0 saturated heterocycles. The number of hydrogen-bond acceptors (Lipinski definition) is 4. The molecule has 6 nitrogen and oxygen atoms in total. The van der Waals surface area contributed by atoms with Crippen LogP contribution in [0.3, 0.4) is 0 Å². The number of nitrogens with one attached hydrogen (secondary N) is 2. The van der Waals surface area contributed by atoms with Crippen LogP contribution in [0.5, 0.6) is 0 Å². The van der Waals surface area contributed by atoms with Crippen molar-refractivity contribution in [3.05, 3.63) is 47.7 Å². The van der Waals surface area contributed by atoms with Crippen molar-refractivity contribution in [3.8, 4) is 0 Å². The van der Waals surface area contributed by atoms with Gasteiger partial charge in [-0.05, 0) is 56.5 Å². The minimum atomic E-state index is -3.82. The van der Waals surface area contributed by atoms with E-state index in [1.54, 1.807) is 26.8 Å². The molecule has 1 heterocycles. The van der Waals surface area contributed by atoms with Crippen LogP contribution < -0.4 is 10.0 Å². The number of amides is 1. The van der Waals surface area contributed by atoms with Gasteiger partial charge in [-0.15, -0.1) is 0 Å². The second-order valence-corrected chi connectivity index (χ2v) is 8.82. The molecule has 0 saturated carbocycles. The number of carbonyl (C=O) groups excluding carboxylic acids is 1. The van der Waals surface area contributed by atoms with Crippen LogP contribution in [-0.4, -0.2) is 19.9 Å². The summed E-state index contributed by atoms with van der Waals surface area (Å²) in [7, 11) is -3.82. The topological polar surface area (TPSA) is 88.4 Å². The van der Waals surface area contributed by atoms with Crippen molar-refractivity contribution in [2.24, 2.45) is 0 Å². The molecule has 2 rings (SSSR count). The predicted octanol–water partition coefficient (Wildman–Crippen LogP) is 3.73. The van der Waals surface area contributed by atoms with E-state index in [-0.39, 0.29) is 10.9 Å². The van der Waals surface area contributed by atoms with Gasteiger partial charge >= 0.3 is 0 Å². The monoisotopic (exact) mass is 364 g/mol. The summed E-state index contributed by atoms with van der Waals surface area (Å²) >= 11 is 0. The van der Waals surface area contributed by atoms with Crippen LogP contribution in [0.15, 0.2) is 45.9 Å². The van der Waals surface area contributed by atoms with E-state index in [1.165, 1.54) is 12.1 Å². The van der Waals surface area contributed by atoms with Crippen molar-refractivity contribution >= 4 is 21.6 Å². The second-order valence-electron chi connectivity index (χ2n) is 7.21. The lowest BCUT2D eigenvalue weighted by Gasteiger charge is -2.18. The summed E-state index contributed by atoms with van der Waals surface area (Å²) in [5.74, 6) is -0.233. The minimum absolute atomic E-state index is 0.0655. The van der Waals surface area contributed by atoms with Gasteiger partial charge < -0.3 is 9.73 Å². The van der Waals surface area contributed by atoms with E-state index in [9.17, 15) is 13.2 Å². The van der Waals surface area contributed by atoms with Gasteiger partial charge in [0.1, 0.15) is 0 Å². The highest BCUT2D eigenvalue weighted by Gasteiger charge is 2.26. The molecular formula is C18H24N2O4S. The van der Waals surface area contributed by atoms with Crippen LogP contribution in [0.4, 0.5) is 5.69 Å². The van der Waals surface area contributed by atoms with Gasteiger partial charge in [0.15, 0.2) is 5.76 Å². The van der Waals surface area contributed by atoms with E-state index in [2.05, 4.69) is 23.9 Å². The van der Waals surface area contributed by atoms with Crippen molar-refractivity contribution in [1.29, 1.82) is 0 Å². The van der Waals surface area contributed by atoms with Crippen LogP contribution in [-0.2, 0) is 10.0 Å². The zero-order chi connectivity index (χ0) is 18.8. The lowest BCUT2D eigenvalue weighted by molar-refractivity contribution is 0.0991. The van der Waals surface area contributed by atoms with E-state index >= 15 is 0 Å². The minimum Gasteiger partial charge on any atom is -0.438 e. The molecule has 0 aliphatic heterocycles. The lowest BCUT2D eigenvalue weighted by atomic mass is 10.0. The molecule has 7 heteroatoms. The number of hydrogen-bond donors (Lipinski definition) is 2. The Hall–Kier alpha value is -2.12. The van der Waals surface area contributed by atoms with E-state index in [4.69, 9.17) is 4.42 Å². The van der Waals surface area contributed by atoms with Crippen molar-refractivity contribution in [2.45, 2.75) is 51.2 Å². The third-order valence-electron chi connectivity index (χ3n) is 3.32. The van der Waals surface area contributed by atoms with Gasteiger partial charge in [-0.1, -0.05) is 26.0 Å². The molecule has 0 bridgehead atoms. The first-order valence-electron chi connectivity index (χ1n) is 8.03. The van der Waals surface area contributed by atoms with Crippen molar-refractivity contribution in [2.75, 3.05) is 5.32 Å². The molecule has 0 atom stereocenters. The summed E-state index contributed by atoms with van der Waals surface area (Å²) in [5.41, 5.74) is 1.07. The molecule has 1 aromatic carbocycles. The molecule has 0 aliphatic carbocycles. The molecule has 0 radical (unpaired) electrons. The maximum Gasteiger partial charge on any atom is 0.291 e. The number of benzene rings is 1. The van der Waals surface area contributed by atoms with Crippen LogP contribution in [0.2, 0.25) is 0 Å². The lowest BCUT2D eigenvalue weighted by Crippen LogP contribution is -2.40. The van der Waals surface area contributed by atoms with Crippen molar-refractivity contribution in [1.82, 2.24) is 4.72 Å². The molecule has 0 fully saturated rings. The van der Waals surface area contributed by atoms with Gasteiger partial charge in [0, 0.05) is 11.2 Å². The number of furan rings is 1. The summed E-state index contributed by atoms with van der Waals surface area (Å²) in [4.78, 5) is 12.3. The zero-order valence-electron chi connectivity index (χ0n) is 15.1. The summed E-state index contributed by atoms with van der Waals surface area (Å²) in [6.07, 6.45) is 0. The van der Waals surface area contributed by atoms with Gasteiger partial charge in [-0.3, -0.25) is 4.79 Å². The Bertz CT molecular complexity index is 861. The molecule has 136 valence electrons. The van der Waals surface area contributed by atoms with Gasteiger partial charge in [-0.2, -0.15) is 0 Å². The molecule has 25 heavy (non-hydrogen) atoms. The largest absolute Gasteiger partial charge is 0.438 e. The zero-order valence-corrected chi connectivity index (χ0v) is 15.9. The Labute approximate surface area is 148 Å². The van der Waals surface area contributed by atoms with E-state index in [1.807, 2.05) is 18.2 Å². The molecule has 0 spiro atoms. The maximum atomic E-state index is 12.3. The van der Waals surface area contributed by atoms with Gasteiger partial charge in [0.25, 0.3) is 15.9 Å². The predicted molar refractivity (Wildman–Crippen MR) is 97.3 cm³/mol. The highest BCUT2D eigenvalue weighted by molar-refractivity contribution is 7.89. The fraction of sp³-hybridized carbons (Fsp3) is 0.389. The fourth-order valence-corrected chi connectivity index (χ4v) is 3.56. The van der Waals surface area contributed by atoms with E-state index in [0.717, 1.165) is 5.56 Å². The second kappa shape index (κ2) is 7.01. The molecule has 0 unspecified atom stereocenters. The Kier molecular flexibility index (Phi) is 5.39. The van der Waals surface area contributed by atoms with Crippen molar-refractivity contribution < 1.29 is 17.6 Å². The Morgan fingerprint density at radius 1 is 1.12 bits per heavy atom. The quantitative estimate of drug-likeness (QED) is 0.846. The van der Waals surface area contributed by atoms with E-state index < -0.39 is 21.5 Å². The number of sulfonamides is 1. The smallest absolute Gasteiger partial charge is 0.291 e. The van der Waals surface area contributed by atoms with Gasteiger partial charge in [-0.25, -0.2) is 13.1 Å². The normalized spacial score (nSPS) is 12.4.